The highest BCUT2D eigenvalue weighted by Crippen LogP contribution is 2.12. The molecule has 4 atom stereocenters. The first-order valence-electron chi connectivity index (χ1n) is 10.6. The number of rotatable bonds is 14. The Kier molecular flexibility index (Phi) is 11.8. The van der Waals surface area contributed by atoms with Gasteiger partial charge in [-0.3, -0.25) is 19.2 Å². The third-order valence-corrected chi connectivity index (χ3v) is 4.83. The Hall–Kier alpha value is -3.22. The second kappa shape index (κ2) is 14.0. The van der Waals surface area contributed by atoms with E-state index in [1.807, 2.05) is 0 Å². The van der Waals surface area contributed by atoms with Gasteiger partial charge in [0.1, 0.15) is 30.4 Å². The molecule has 0 fully saturated rings. The summed E-state index contributed by atoms with van der Waals surface area (Å²) in [7, 11) is 0. The predicted molar refractivity (Wildman–Crippen MR) is 119 cm³/mol. The minimum Gasteiger partial charge on any atom is -0.508 e. The molecule has 1 aromatic rings. The average molecular weight is 468 g/mol. The van der Waals surface area contributed by atoms with Gasteiger partial charge in [0.25, 0.3) is 0 Å². The fourth-order valence-corrected chi connectivity index (χ4v) is 2.88. The Labute approximate surface area is 191 Å². The molecule has 0 bridgehead atoms. The lowest BCUT2D eigenvalue weighted by Gasteiger charge is -2.25. The van der Waals surface area contributed by atoms with Gasteiger partial charge in [0.15, 0.2) is 0 Å². The number of benzene rings is 1. The van der Waals surface area contributed by atoms with Crippen LogP contribution in [0.4, 0.5) is 0 Å². The molecule has 10 N–H and O–H groups in total. The molecule has 0 radical (unpaired) electrons. The number of aliphatic carboxylic acids is 1. The van der Waals surface area contributed by atoms with E-state index in [1.54, 1.807) is 12.1 Å². The van der Waals surface area contributed by atoms with Crippen LogP contribution < -0.4 is 27.4 Å². The Morgan fingerprint density at radius 2 is 1.58 bits per heavy atom. The molecule has 0 aliphatic rings. The lowest BCUT2D eigenvalue weighted by Crippen LogP contribution is -2.58. The minimum absolute atomic E-state index is 0.0106. The van der Waals surface area contributed by atoms with Crippen molar-refractivity contribution in [1.29, 1.82) is 0 Å². The molecule has 0 aliphatic heterocycles. The van der Waals surface area contributed by atoms with E-state index in [9.17, 15) is 29.4 Å². The predicted octanol–water partition coefficient (Wildman–Crippen LogP) is -2.06. The van der Waals surface area contributed by atoms with Gasteiger partial charge in [0, 0.05) is 6.42 Å². The van der Waals surface area contributed by atoms with Crippen LogP contribution in [-0.2, 0) is 25.6 Å². The van der Waals surface area contributed by atoms with Crippen molar-refractivity contribution in [2.24, 2.45) is 11.5 Å². The zero-order valence-corrected chi connectivity index (χ0v) is 18.5. The molecular weight excluding hydrogens is 434 g/mol. The molecule has 0 saturated carbocycles. The molecule has 184 valence electrons. The quantitative estimate of drug-likeness (QED) is 0.141. The SMILES string of the molecule is CC(O)C(N)C(=O)NC(Cc1ccc(O)cc1)C(=O)NC(CCCCN)C(=O)NCC(=O)O. The summed E-state index contributed by atoms with van der Waals surface area (Å²) in [6, 6.07) is 2.48. The number of carboxylic acids is 1. The molecule has 0 aromatic heterocycles. The number of nitrogens with two attached hydrogens (primary N) is 2. The summed E-state index contributed by atoms with van der Waals surface area (Å²) in [5, 5.41) is 35.1. The molecule has 1 aromatic carbocycles. The minimum atomic E-state index is -1.28. The highest BCUT2D eigenvalue weighted by Gasteiger charge is 2.29. The lowest BCUT2D eigenvalue weighted by atomic mass is 10.0. The van der Waals surface area contributed by atoms with Crippen LogP contribution in [-0.4, -0.2) is 76.3 Å². The number of aliphatic hydroxyl groups is 1. The fraction of sp³-hybridized carbons (Fsp3) is 0.524. The number of carboxylic acid groups (broad SMARTS) is 1. The Morgan fingerprint density at radius 3 is 2.12 bits per heavy atom. The molecule has 12 nitrogen and oxygen atoms in total. The molecule has 0 spiro atoms. The summed E-state index contributed by atoms with van der Waals surface area (Å²) in [5.74, 6) is -3.36. The zero-order chi connectivity index (χ0) is 25.0. The number of unbranched alkanes of at least 4 members (excludes halogenated alkanes) is 1. The van der Waals surface area contributed by atoms with Gasteiger partial charge in [-0.25, -0.2) is 0 Å². The zero-order valence-electron chi connectivity index (χ0n) is 18.5. The van der Waals surface area contributed by atoms with Crippen LogP contribution in [0.1, 0.15) is 31.7 Å². The van der Waals surface area contributed by atoms with Crippen LogP contribution >= 0.6 is 0 Å². The number of hydrogen-bond donors (Lipinski definition) is 8. The van der Waals surface area contributed by atoms with E-state index < -0.39 is 54.5 Å². The Morgan fingerprint density at radius 1 is 0.970 bits per heavy atom. The number of amides is 3. The topological polar surface area (TPSA) is 217 Å². The highest BCUT2D eigenvalue weighted by atomic mass is 16.4. The Bertz CT molecular complexity index is 801. The van der Waals surface area contributed by atoms with Crippen molar-refractivity contribution in [2.75, 3.05) is 13.1 Å². The summed E-state index contributed by atoms with van der Waals surface area (Å²) < 4.78 is 0. The second-order valence-electron chi connectivity index (χ2n) is 7.66. The monoisotopic (exact) mass is 467 g/mol. The first-order valence-corrected chi connectivity index (χ1v) is 10.6. The summed E-state index contributed by atoms with van der Waals surface area (Å²) in [5.41, 5.74) is 11.7. The standard InChI is InChI=1S/C21H33N5O7/c1-12(27)18(23)21(33)26-16(10-13-5-7-14(28)8-6-13)20(32)25-15(4-2-3-9-22)19(31)24-11-17(29)30/h5-8,12,15-16,18,27-28H,2-4,9-11,22-23H2,1H3,(H,24,31)(H,25,32)(H,26,33)(H,29,30). The number of phenols is 1. The third-order valence-electron chi connectivity index (χ3n) is 4.83. The number of carbonyl (C=O) groups excluding carboxylic acids is 3. The highest BCUT2D eigenvalue weighted by molar-refractivity contribution is 5.93. The number of nitrogens with one attached hydrogen (secondary N) is 3. The van der Waals surface area contributed by atoms with Gasteiger partial charge in [0.2, 0.25) is 17.7 Å². The van der Waals surface area contributed by atoms with Crippen LogP contribution in [0.2, 0.25) is 0 Å². The van der Waals surface area contributed by atoms with E-state index in [1.165, 1.54) is 19.1 Å². The number of aromatic hydroxyl groups is 1. The van der Waals surface area contributed by atoms with Crippen LogP contribution in [0.15, 0.2) is 24.3 Å². The van der Waals surface area contributed by atoms with E-state index in [2.05, 4.69) is 16.0 Å². The van der Waals surface area contributed by atoms with Gasteiger partial charge < -0.3 is 42.7 Å². The van der Waals surface area contributed by atoms with E-state index in [-0.39, 0.29) is 18.6 Å². The van der Waals surface area contributed by atoms with Gasteiger partial charge >= 0.3 is 5.97 Å². The number of carbonyl (C=O) groups is 4. The van der Waals surface area contributed by atoms with Gasteiger partial charge in [0.05, 0.1) is 6.10 Å². The lowest BCUT2D eigenvalue weighted by molar-refractivity contribution is -0.138. The van der Waals surface area contributed by atoms with Crippen molar-refractivity contribution in [3.8, 4) is 5.75 Å². The van der Waals surface area contributed by atoms with Crippen molar-refractivity contribution in [1.82, 2.24) is 16.0 Å². The number of phenolic OH excluding ortho intramolecular Hbond substituents is 1. The van der Waals surface area contributed by atoms with Crippen LogP contribution in [0.3, 0.4) is 0 Å². The molecule has 0 heterocycles. The number of aliphatic hydroxyl groups excluding tert-OH is 1. The van der Waals surface area contributed by atoms with Crippen molar-refractivity contribution in [3.05, 3.63) is 29.8 Å². The molecular formula is C21H33N5O7. The maximum absolute atomic E-state index is 13.0. The number of hydrogen-bond acceptors (Lipinski definition) is 8. The van der Waals surface area contributed by atoms with Gasteiger partial charge in [-0.2, -0.15) is 0 Å². The summed E-state index contributed by atoms with van der Waals surface area (Å²) in [4.78, 5) is 48.6. The van der Waals surface area contributed by atoms with Gasteiger partial charge in [-0.15, -0.1) is 0 Å². The van der Waals surface area contributed by atoms with Gasteiger partial charge in [-0.05, 0) is 50.4 Å². The van der Waals surface area contributed by atoms with E-state index in [0.717, 1.165) is 0 Å². The first kappa shape index (κ1) is 27.8. The van der Waals surface area contributed by atoms with E-state index in [0.29, 0.717) is 24.9 Å². The fourth-order valence-electron chi connectivity index (χ4n) is 2.88. The van der Waals surface area contributed by atoms with Crippen molar-refractivity contribution in [3.63, 3.8) is 0 Å². The van der Waals surface area contributed by atoms with Crippen molar-refractivity contribution >= 4 is 23.7 Å². The maximum Gasteiger partial charge on any atom is 0.322 e. The normalized spacial score (nSPS) is 14.4. The smallest absolute Gasteiger partial charge is 0.322 e. The molecule has 1 rings (SSSR count). The average Bonchev–Trinajstić information content (AvgIpc) is 2.76. The molecule has 33 heavy (non-hydrogen) atoms. The first-order chi connectivity index (χ1) is 15.5. The molecule has 0 saturated heterocycles. The summed E-state index contributed by atoms with van der Waals surface area (Å²) >= 11 is 0. The third kappa shape index (κ3) is 10.3. The van der Waals surface area contributed by atoms with Crippen molar-refractivity contribution < 1.29 is 34.5 Å². The van der Waals surface area contributed by atoms with E-state index in [4.69, 9.17) is 16.6 Å². The van der Waals surface area contributed by atoms with Crippen LogP contribution in [0.5, 0.6) is 5.75 Å². The van der Waals surface area contributed by atoms with Crippen LogP contribution in [0, 0.1) is 0 Å². The second-order valence-corrected chi connectivity index (χ2v) is 7.66. The van der Waals surface area contributed by atoms with Crippen LogP contribution in [0.25, 0.3) is 0 Å². The maximum atomic E-state index is 13.0. The molecule has 4 unspecified atom stereocenters. The van der Waals surface area contributed by atoms with Crippen molar-refractivity contribution in [2.45, 2.75) is 56.8 Å². The molecule has 12 heteroatoms. The molecule has 3 amide bonds. The van der Waals surface area contributed by atoms with Gasteiger partial charge in [-0.1, -0.05) is 12.1 Å². The summed E-state index contributed by atoms with van der Waals surface area (Å²) in [6.45, 7) is 1.10. The molecule has 0 aliphatic carbocycles. The van der Waals surface area contributed by atoms with E-state index >= 15 is 0 Å². The largest absolute Gasteiger partial charge is 0.508 e. The summed E-state index contributed by atoms with van der Waals surface area (Å²) in [6.07, 6.45) is 0.158. The Balaban J connectivity index is 3.03.